The molecule has 0 unspecified atom stereocenters. The zero-order valence-electron chi connectivity index (χ0n) is 23.1. The van der Waals surface area contributed by atoms with Crippen molar-refractivity contribution in [2.24, 2.45) is 18.9 Å². The number of aryl methyl sites for hydroxylation is 1. The number of aromatic nitrogens is 3. The van der Waals surface area contributed by atoms with E-state index in [0.717, 1.165) is 47.0 Å². The first kappa shape index (κ1) is 27.5. The van der Waals surface area contributed by atoms with E-state index >= 15 is 0 Å². The number of hydrogen-bond acceptors (Lipinski definition) is 6. The highest BCUT2D eigenvalue weighted by atomic mass is 35.5. The molecule has 41 heavy (non-hydrogen) atoms. The maximum Gasteiger partial charge on any atom is 0.307 e. The molecule has 0 radical (unpaired) electrons. The number of rotatable bonds is 7. The van der Waals surface area contributed by atoms with Crippen molar-refractivity contribution in [3.63, 3.8) is 0 Å². The number of carboxylic acid groups (broad SMARTS) is 1. The van der Waals surface area contributed by atoms with E-state index in [4.69, 9.17) is 16.3 Å². The van der Waals surface area contributed by atoms with Crippen LogP contribution in [0.25, 0.3) is 11.0 Å². The van der Waals surface area contributed by atoms with Gasteiger partial charge in [0.2, 0.25) is 11.8 Å². The molecular weight excluding hydrogens is 546 g/mol. The number of carbonyl (C=O) groups excluding carboxylic acids is 2. The highest BCUT2D eigenvalue weighted by molar-refractivity contribution is 6.31. The second-order valence-electron chi connectivity index (χ2n) is 11.3. The van der Waals surface area contributed by atoms with E-state index < -0.39 is 23.8 Å². The minimum absolute atomic E-state index is 0.0624. The quantitative estimate of drug-likeness (QED) is 0.447. The summed E-state index contributed by atoms with van der Waals surface area (Å²) in [6.07, 6.45) is 4.48. The van der Waals surface area contributed by atoms with Gasteiger partial charge in [-0.05, 0) is 61.1 Å². The molecule has 2 fully saturated rings. The molecule has 0 spiro atoms. The summed E-state index contributed by atoms with van der Waals surface area (Å²) in [5.41, 5.74) is 4.33. The van der Waals surface area contributed by atoms with Crippen molar-refractivity contribution in [3.8, 4) is 5.75 Å². The van der Waals surface area contributed by atoms with Crippen molar-refractivity contribution in [3.05, 3.63) is 52.0 Å². The van der Waals surface area contributed by atoms with E-state index in [9.17, 15) is 19.5 Å². The normalized spacial score (nSPS) is 22.7. The van der Waals surface area contributed by atoms with Crippen molar-refractivity contribution in [2.75, 3.05) is 19.6 Å². The van der Waals surface area contributed by atoms with Crippen LogP contribution in [0, 0.1) is 11.8 Å². The number of amides is 2. The third kappa shape index (κ3) is 5.25. The van der Waals surface area contributed by atoms with E-state index in [1.807, 2.05) is 42.3 Å². The lowest BCUT2D eigenvalue weighted by atomic mass is 9.77. The van der Waals surface area contributed by atoms with Gasteiger partial charge in [-0.3, -0.25) is 14.4 Å². The van der Waals surface area contributed by atoms with Gasteiger partial charge >= 0.3 is 5.97 Å². The molecule has 0 bridgehead atoms. The Morgan fingerprint density at radius 3 is 2.63 bits per heavy atom. The summed E-state index contributed by atoms with van der Waals surface area (Å²) < 4.78 is 8.12. The fourth-order valence-corrected chi connectivity index (χ4v) is 7.00. The number of aliphatic carboxylic acids is 1. The van der Waals surface area contributed by atoms with Crippen molar-refractivity contribution < 1.29 is 24.2 Å². The first-order chi connectivity index (χ1) is 19.8. The number of hydrogen-bond donors (Lipinski definition) is 1. The molecule has 2 amide bonds. The lowest BCUT2D eigenvalue weighted by Crippen LogP contribution is -2.50. The Balaban J connectivity index is 1.35. The SMILES string of the molecule is Cn1nnc2cc(COc3ccc(Cl)c4c3[C@@H](CN3CCCC3=O)N(C(=O)[C@@H]3CCCC[C@@H]3C(=O)O)CC4)ccc21. The number of carboxylic acids is 1. The zero-order chi connectivity index (χ0) is 28.7. The van der Waals surface area contributed by atoms with Gasteiger partial charge < -0.3 is 19.6 Å². The summed E-state index contributed by atoms with van der Waals surface area (Å²) in [4.78, 5) is 42.5. The minimum Gasteiger partial charge on any atom is -0.489 e. The molecule has 3 atom stereocenters. The Morgan fingerprint density at radius 2 is 1.88 bits per heavy atom. The molecule has 6 rings (SSSR count). The molecule has 1 aromatic heterocycles. The van der Waals surface area contributed by atoms with Crippen molar-refractivity contribution in [1.29, 1.82) is 0 Å². The summed E-state index contributed by atoms with van der Waals surface area (Å²) in [6, 6.07) is 9.03. The molecule has 1 N–H and O–H groups in total. The predicted octanol–water partition coefficient (Wildman–Crippen LogP) is 4.14. The van der Waals surface area contributed by atoms with Gasteiger partial charge in [-0.25, -0.2) is 4.68 Å². The molecule has 1 aliphatic carbocycles. The first-order valence-electron chi connectivity index (χ1n) is 14.3. The number of fused-ring (bicyclic) bond motifs is 2. The van der Waals surface area contributed by atoms with Gasteiger partial charge in [0, 0.05) is 43.7 Å². The van der Waals surface area contributed by atoms with Gasteiger partial charge in [0.1, 0.15) is 17.9 Å². The average molecular weight is 580 g/mol. The Kier molecular flexibility index (Phi) is 7.59. The molecule has 1 saturated heterocycles. The van der Waals surface area contributed by atoms with Crippen LogP contribution in [0.4, 0.5) is 0 Å². The summed E-state index contributed by atoms with van der Waals surface area (Å²) in [5, 5.41) is 18.8. The number of halogens is 1. The molecule has 2 aliphatic heterocycles. The summed E-state index contributed by atoms with van der Waals surface area (Å²) in [5.74, 6) is -1.68. The Morgan fingerprint density at radius 1 is 1.07 bits per heavy atom. The topological polar surface area (TPSA) is 118 Å². The van der Waals surface area contributed by atoms with Gasteiger partial charge in [-0.15, -0.1) is 5.10 Å². The molecule has 10 nitrogen and oxygen atoms in total. The van der Waals surface area contributed by atoms with Crippen molar-refractivity contribution in [2.45, 2.75) is 57.6 Å². The maximum absolute atomic E-state index is 14.1. The lowest BCUT2D eigenvalue weighted by Gasteiger charge is -2.43. The van der Waals surface area contributed by atoms with Crippen molar-refractivity contribution >= 4 is 40.4 Å². The molecule has 1 saturated carbocycles. The van der Waals surface area contributed by atoms with Crippen LogP contribution in [-0.2, 0) is 34.5 Å². The molecule has 3 aromatic rings. The molecule has 3 heterocycles. The van der Waals surface area contributed by atoms with Crippen LogP contribution in [0.5, 0.6) is 5.75 Å². The van der Waals surface area contributed by atoms with Crippen LogP contribution in [0.15, 0.2) is 30.3 Å². The average Bonchev–Trinajstić information content (AvgIpc) is 3.56. The summed E-state index contributed by atoms with van der Waals surface area (Å²) in [7, 11) is 1.84. The van der Waals surface area contributed by atoms with Gasteiger partial charge in [0.25, 0.3) is 0 Å². The molecule has 216 valence electrons. The van der Waals surface area contributed by atoms with Crippen LogP contribution in [0.1, 0.15) is 61.3 Å². The van der Waals surface area contributed by atoms with Crippen LogP contribution >= 0.6 is 11.6 Å². The fraction of sp³-hybridized carbons (Fsp3) is 0.500. The summed E-state index contributed by atoms with van der Waals surface area (Å²) in [6.45, 7) is 1.63. The molecule has 3 aliphatic rings. The van der Waals surface area contributed by atoms with Gasteiger partial charge in [0.05, 0.1) is 23.4 Å². The smallest absolute Gasteiger partial charge is 0.307 e. The Labute approximate surface area is 243 Å². The number of carbonyl (C=O) groups is 3. The van der Waals surface area contributed by atoms with Gasteiger partial charge in [-0.2, -0.15) is 0 Å². The third-order valence-electron chi connectivity index (χ3n) is 8.89. The third-order valence-corrected chi connectivity index (χ3v) is 9.24. The molecular formula is C30H34ClN5O5. The number of likely N-dealkylation sites (tertiary alicyclic amines) is 1. The first-order valence-corrected chi connectivity index (χ1v) is 14.7. The predicted molar refractivity (Wildman–Crippen MR) is 151 cm³/mol. The number of nitrogens with zero attached hydrogens (tertiary/aromatic N) is 5. The highest BCUT2D eigenvalue weighted by Crippen LogP contribution is 2.43. The van der Waals surface area contributed by atoms with E-state index in [1.165, 1.54) is 0 Å². The number of benzene rings is 2. The molecule has 2 aromatic carbocycles. The molecule has 11 heteroatoms. The number of ether oxygens (including phenoxy) is 1. The minimum atomic E-state index is -0.918. The second-order valence-corrected chi connectivity index (χ2v) is 11.7. The van der Waals surface area contributed by atoms with E-state index in [0.29, 0.717) is 56.1 Å². The standard InChI is InChI=1S/C30H34ClN5O5/c1-34-24-10-8-18(15-23(24)32-33-34)17-41-26-11-9-22(31)21-12-14-36(25(28(21)26)16-35-13-4-7-27(35)37)29(38)19-5-2-3-6-20(19)30(39)40/h8-11,15,19-20,25H,2-7,12-14,16-17H2,1H3,(H,39,40)/t19-,20+,25-/m1/s1. The van der Waals surface area contributed by atoms with Crippen molar-refractivity contribution in [1.82, 2.24) is 24.8 Å². The maximum atomic E-state index is 14.1. The highest BCUT2D eigenvalue weighted by Gasteiger charge is 2.43. The fourth-order valence-electron chi connectivity index (χ4n) is 6.74. The Hall–Kier alpha value is -3.66. The van der Waals surface area contributed by atoms with Gasteiger partial charge in [0.15, 0.2) is 0 Å². The monoisotopic (exact) mass is 579 g/mol. The lowest BCUT2D eigenvalue weighted by molar-refractivity contribution is -0.154. The summed E-state index contributed by atoms with van der Waals surface area (Å²) >= 11 is 6.72. The van der Waals surface area contributed by atoms with Crippen LogP contribution in [0.3, 0.4) is 0 Å². The second kappa shape index (κ2) is 11.3. The van der Waals surface area contributed by atoms with Crippen LogP contribution in [-0.4, -0.2) is 67.3 Å². The van der Waals surface area contributed by atoms with Crippen LogP contribution < -0.4 is 4.74 Å². The van der Waals surface area contributed by atoms with E-state index in [2.05, 4.69) is 10.3 Å². The zero-order valence-corrected chi connectivity index (χ0v) is 23.8. The van der Waals surface area contributed by atoms with Gasteiger partial charge in [-0.1, -0.05) is 35.7 Å². The van der Waals surface area contributed by atoms with E-state index in [-0.39, 0.29) is 18.4 Å². The largest absolute Gasteiger partial charge is 0.489 e. The van der Waals surface area contributed by atoms with Crippen LogP contribution in [0.2, 0.25) is 5.02 Å². The van der Waals surface area contributed by atoms with E-state index in [1.54, 1.807) is 9.58 Å². The Bertz CT molecular complexity index is 1510.